The third kappa shape index (κ3) is 8.40. The number of aromatic hydroxyl groups is 2. The molecule has 0 spiro atoms. The van der Waals surface area contributed by atoms with Gasteiger partial charge in [-0.05, 0) is 43.6 Å². The highest BCUT2D eigenvalue weighted by molar-refractivity contribution is 6.31. The molecule has 2 aromatic rings. The number of halogens is 1. The number of methoxy groups -OCH3 is 1. The smallest absolute Gasteiger partial charge is 0.315 e. The molecule has 57 heavy (non-hydrogen) atoms. The largest absolute Gasteiger partial charge is 0.507 e. The van der Waals surface area contributed by atoms with Gasteiger partial charge in [-0.3, -0.25) is 19.2 Å². The molecule has 9 atom stereocenters. The predicted octanol–water partition coefficient (Wildman–Crippen LogP) is 2.72. The lowest BCUT2D eigenvalue weighted by Crippen LogP contribution is -2.53. The second kappa shape index (κ2) is 17.4. The molecule has 17 heteroatoms. The first-order chi connectivity index (χ1) is 26.5. The van der Waals surface area contributed by atoms with Crippen LogP contribution >= 0.6 is 12.4 Å². The van der Waals surface area contributed by atoms with Crippen LogP contribution in [0.1, 0.15) is 115 Å². The van der Waals surface area contributed by atoms with Crippen LogP contribution in [0.5, 0.6) is 17.2 Å². The number of amides is 1. The summed E-state index contributed by atoms with van der Waals surface area (Å²) in [6.45, 7) is 6.87. The number of ketones is 2. The van der Waals surface area contributed by atoms with Crippen molar-refractivity contribution in [2.24, 2.45) is 28.6 Å². The summed E-state index contributed by atoms with van der Waals surface area (Å²) in [5, 5.41) is 60.8. The van der Waals surface area contributed by atoms with Crippen molar-refractivity contribution in [2.75, 3.05) is 13.7 Å². The Morgan fingerprint density at radius 2 is 1.77 bits per heavy atom. The second-order valence-electron chi connectivity index (χ2n) is 15.9. The number of esters is 1. The maximum Gasteiger partial charge on any atom is 0.315 e. The number of nitrogens with one attached hydrogen (secondary N) is 1. The van der Waals surface area contributed by atoms with Gasteiger partial charge in [-0.25, -0.2) is 5.43 Å². The molecule has 2 aromatic carbocycles. The van der Waals surface area contributed by atoms with Crippen molar-refractivity contribution >= 4 is 41.6 Å². The molecule has 8 N–H and O–H groups in total. The van der Waals surface area contributed by atoms with Crippen molar-refractivity contribution < 1.29 is 63.7 Å². The zero-order valence-corrected chi connectivity index (χ0v) is 33.3. The van der Waals surface area contributed by atoms with Gasteiger partial charge in [-0.1, -0.05) is 39.3 Å². The summed E-state index contributed by atoms with van der Waals surface area (Å²) in [4.78, 5) is 53.7. The van der Waals surface area contributed by atoms with E-state index in [4.69, 9.17) is 24.7 Å². The van der Waals surface area contributed by atoms with Gasteiger partial charge < -0.3 is 50.2 Å². The fourth-order valence-corrected chi connectivity index (χ4v) is 8.66. The lowest BCUT2D eigenvalue weighted by molar-refractivity contribution is -0.245. The van der Waals surface area contributed by atoms with Gasteiger partial charge in [0.15, 0.2) is 12.1 Å². The SMILES string of the molecule is COc1cccc2c1C(=O)c1c(O)c3c(c(O)c1C2=O)C[C@@](O)(/C(CO)=N/NC(=O)CC(=O)O[C@@H]1C[C@H](C)CC[C@H]1C(C)C)C[C@@H]3O[C@H]1C[C@H](N)[C@H](O)[C@H](C)O1.Cl. The average Bonchev–Trinajstić information content (AvgIpc) is 3.13. The van der Waals surface area contributed by atoms with Crippen LogP contribution in [0.2, 0.25) is 0 Å². The van der Waals surface area contributed by atoms with Crippen LogP contribution in [0.4, 0.5) is 0 Å². The molecule has 1 heterocycles. The third-order valence-corrected chi connectivity index (χ3v) is 11.7. The number of carbonyl (C=O) groups is 4. The summed E-state index contributed by atoms with van der Waals surface area (Å²) in [5.74, 6) is -3.75. The third-order valence-electron chi connectivity index (χ3n) is 11.7. The topological polar surface area (TPSA) is 257 Å². The first kappa shape index (κ1) is 44.0. The molecule has 0 unspecified atom stereocenters. The van der Waals surface area contributed by atoms with E-state index in [1.54, 1.807) is 6.92 Å². The average molecular weight is 818 g/mol. The van der Waals surface area contributed by atoms with Crippen LogP contribution < -0.4 is 15.9 Å². The van der Waals surface area contributed by atoms with E-state index in [-0.39, 0.29) is 64.8 Å². The molecular weight excluding hydrogens is 766 g/mol. The van der Waals surface area contributed by atoms with E-state index < -0.39 is 114 Å². The molecule has 312 valence electrons. The number of benzene rings is 2. The van der Waals surface area contributed by atoms with Crippen LogP contribution in [-0.4, -0.2) is 105 Å². The molecule has 1 saturated heterocycles. The Labute approximate surface area is 336 Å². The lowest BCUT2D eigenvalue weighted by atomic mass is 9.71. The monoisotopic (exact) mass is 817 g/mol. The summed E-state index contributed by atoms with van der Waals surface area (Å²) in [7, 11) is 1.32. The van der Waals surface area contributed by atoms with E-state index in [9.17, 15) is 44.7 Å². The minimum atomic E-state index is -2.22. The molecule has 0 radical (unpaired) electrons. The summed E-state index contributed by atoms with van der Waals surface area (Å²) in [6.07, 6.45) is -3.82. The van der Waals surface area contributed by atoms with Gasteiger partial charge in [0.25, 0.3) is 5.91 Å². The van der Waals surface area contributed by atoms with Gasteiger partial charge in [0.1, 0.15) is 35.4 Å². The van der Waals surface area contributed by atoms with Crippen molar-refractivity contribution in [1.82, 2.24) is 5.43 Å². The highest BCUT2D eigenvalue weighted by atomic mass is 35.5. The van der Waals surface area contributed by atoms with Crippen LogP contribution in [0, 0.1) is 17.8 Å². The Bertz CT molecular complexity index is 1930. The van der Waals surface area contributed by atoms with Crippen LogP contribution in [-0.2, 0) is 30.2 Å². The zero-order valence-electron chi connectivity index (χ0n) is 32.5. The second-order valence-corrected chi connectivity index (χ2v) is 15.9. The lowest BCUT2D eigenvalue weighted by Gasteiger charge is -2.43. The van der Waals surface area contributed by atoms with Gasteiger partial charge >= 0.3 is 5.97 Å². The summed E-state index contributed by atoms with van der Waals surface area (Å²) in [5.41, 5.74) is 4.20. The number of ether oxygens (including phenoxy) is 4. The summed E-state index contributed by atoms with van der Waals surface area (Å²) >= 11 is 0. The molecule has 1 saturated carbocycles. The molecule has 4 aliphatic rings. The predicted molar refractivity (Wildman–Crippen MR) is 205 cm³/mol. The molecule has 1 amide bonds. The standard InChI is InChI=1S/C40H51N3O13.ClH/c1-17(2)20-10-9-18(3)11-25(20)55-29(46)13-28(45)43-42-27(16-44)40(52)14-22-32(26(15-40)56-30-12-23(41)35(47)19(4)54-30)39(51)34-33(37(22)49)36(48)21-7-6-8-24(53-5)31(21)38(34)50;/h6-8,17-20,23,25-26,30,35,44,47,49,51-52H,9-16,41H2,1-5H3,(H,43,45);1H/b42-27+;/t18-,19+,20+,23+,25-,26+,30+,35-,40+;/m1./s1. The molecule has 2 fully saturated rings. The van der Waals surface area contributed by atoms with Crippen LogP contribution in [0.15, 0.2) is 23.3 Å². The van der Waals surface area contributed by atoms with Crippen molar-refractivity contribution in [3.8, 4) is 17.2 Å². The van der Waals surface area contributed by atoms with Crippen molar-refractivity contribution in [3.05, 3.63) is 51.6 Å². The van der Waals surface area contributed by atoms with E-state index in [0.29, 0.717) is 12.3 Å². The van der Waals surface area contributed by atoms with E-state index >= 15 is 0 Å². The summed E-state index contributed by atoms with van der Waals surface area (Å²) in [6, 6.07) is 3.57. The minimum absolute atomic E-state index is 0. The Morgan fingerprint density at radius 3 is 2.42 bits per heavy atom. The van der Waals surface area contributed by atoms with Crippen molar-refractivity contribution in [2.45, 2.75) is 115 Å². The molecule has 3 aliphatic carbocycles. The number of aliphatic hydroxyl groups excluding tert-OH is 2. The highest BCUT2D eigenvalue weighted by Crippen LogP contribution is 2.52. The van der Waals surface area contributed by atoms with Gasteiger partial charge in [-0.2, -0.15) is 5.10 Å². The van der Waals surface area contributed by atoms with Crippen molar-refractivity contribution in [3.63, 3.8) is 0 Å². The number of fused-ring (bicyclic) bond motifs is 3. The van der Waals surface area contributed by atoms with Crippen molar-refractivity contribution in [1.29, 1.82) is 0 Å². The fourth-order valence-electron chi connectivity index (χ4n) is 8.66. The first-order valence-electron chi connectivity index (χ1n) is 19.0. The van der Waals surface area contributed by atoms with Gasteiger partial charge in [0, 0.05) is 42.0 Å². The quantitative estimate of drug-likeness (QED) is 0.0511. The van der Waals surface area contributed by atoms with E-state index in [1.807, 2.05) is 0 Å². The maximum atomic E-state index is 14.0. The number of carbonyl (C=O) groups excluding carboxylic acids is 4. The molecule has 0 bridgehead atoms. The number of nitrogens with zero attached hydrogens (tertiary/aromatic N) is 1. The molecule has 16 nitrogen and oxygen atoms in total. The minimum Gasteiger partial charge on any atom is -0.507 e. The van der Waals surface area contributed by atoms with Gasteiger partial charge in [-0.15, -0.1) is 12.4 Å². The Balaban J connectivity index is 0.00000620. The molecule has 6 rings (SSSR count). The molecular formula is C40H52ClN3O13. The number of hydrogen-bond acceptors (Lipinski definition) is 15. The number of aliphatic hydroxyl groups is 3. The first-order valence-corrected chi connectivity index (χ1v) is 19.0. The maximum absolute atomic E-state index is 14.0. The Hall–Kier alpha value is -4.16. The van der Waals surface area contributed by atoms with E-state index in [0.717, 1.165) is 12.8 Å². The number of hydrogen-bond donors (Lipinski definition) is 7. The van der Waals surface area contributed by atoms with E-state index in [2.05, 4.69) is 31.3 Å². The Morgan fingerprint density at radius 1 is 1.07 bits per heavy atom. The fraction of sp³-hybridized carbons (Fsp3) is 0.575. The molecule has 1 aliphatic heterocycles. The van der Waals surface area contributed by atoms with E-state index in [1.165, 1.54) is 25.3 Å². The molecule has 0 aromatic heterocycles. The number of rotatable bonds is 10. The number of phenolic OH excluding ortho intramolecular Hbond substituents is 2. The van der Waals surface area contributed by atoms with Crippen LogP contribution in [0.25, 0.3) is 0 Å². The Kier molecular flexibility index (Phi) is 13.4. The highest BCUT2D eigenvalue weighted by Gasteiger charge is 2.50. The zero-order chi connectivity index (χ0) is 40.8. The number of phenols is 2. The van der Waals surface area contributed by atoms with Gasteiger partial charge in [0.05, 0.1) is 54.4 Å². The number of nitrogens with two attached hydrogens (primary N) is 1. The van der Waals surface area contributed by atoms with Crippen LogP contribution in [0.3, 0.4) is 0 Å². The number of hydrazone groups is 1. The normalized spacial score (nSPS) is 29.8. The summed E-state index contributed by atoms with van der Waals surface area (Å²) < 4.78 is 23.2. The van der Waals surface area contributed by atoms with Gasteiger partial charge in [0.2, 0.25) is 5.78 Å².